The Morgan fingerprint density at radius 3 is 2.43 bits per heavy atom. The van der Waals surface area contributed by atoms with E-state index >= 15 is 0 Å². The smallest absolute Gasteiger partial charge is 0.241 e. The summed E-state index contributed by atoms with van der Waals surface area (Å²) in [5.41, 5.74) is 6.53. The number of hydrogen-bond acceptors (Lipinski definition) is 7. The van der Waals surface area contributed by atoms with Crippen LogP contribution in [0.15, 0.2) is 71.2 Å². The Bertz CT molecular complexity index is 1390. The van der Waals surface area contributed by atoms with Crippen LogP contribution in [0.2, 0.25) is 0 Å². The van der Waals surface area contributed by atoms with Gasteiger partial charge in [0.2, 0.25) is 11.8 Å². The van der Waals surface area contributed by atoms with Crippen molar-refractivity contribution < 1.29 is 14.7 Å². The standard InChI is InChI=1S/C32H41N5O3S.C4H7Cl/c1-3-4-5-29(38)36-22-27-12-6-24(9-13-30(39)35-16-18-41-19-17-35)20-28(27)37(31(40)23-36)21-25-7-10-26(11-8-25)32-33-14-15-34(32)2;1-2-3-4-5/h3-4,6-8,10-12,20,29,38H,5,9,13-19,21-23H2,1-2H3;3-4H,2H2,1H3/b4-3-;4-3+. The topological polar surface area (TPSA) is 79.7 Å². The van der Waals surface area contributed by atoms with Crippen LogP contribution in [-0.2, 0) is 29.1 Å². The SMILES string of the molecule is C/C=C\CC(O)N1CC(=O)N(Cc2ccc(C3=NCCN3C)cc2)c2cc(CCC(=O)N3CCSCC3)ccc2C1.CC/C=C/Cl. The lowest BCUT2D eigenvalue weighted by Gasteiger charge is -2.26. The molecule has 3 aliphatic rings. The van der Waals surface area contributed by atoms with Gasteiger partial charge in [0.1, 0.15) is 12.1 Å². The van der Waals surface area contributed by atoms with E-state index in [1.807, 2.05) is 58.5 Å². The lowest BCUT2D eigenvalue weighted by Crippen LogP contribution is -2.41. The number of aliphatic hydroxyl groups excluding tert-OH is 1. The zero-order valence-electron chi connectivity index (χ0n) is 27.4. The van der Waals surface area contributed by atoms with E-state index in [0.29, 0.717) is 32.4 Å². The minimum absolute atomic E-state index is 0.0497. The number of aliphatic hydroxyl groups is 1. The maximum Gasteiger partial charge on any atom is 0.241 e. The Morgan fingerprint density at radius 1 is 1.07 bits per heavy atom. The summed E-state index contributed by atoms with van der Waals surface area (Å²) in [6, 6.07) is 14.5. The largest absolute Gasteiger partial charge is 0.378 e. The molecule has 3 heterocycles. The fraction of sp³-hybridized carbons (Fsp3) is 0.472. The second-order valence-corrected chi connectivity index (χ2v) is 13.2. The van der Waals surface area contributed by atoms with Gasteiger partial charge >= 0.3 is 0 Å². The number of nitrogens with zero attached hydrogens (tertiary/aromatic N) is 5. The highest BCUT2D eigenvalue weighted by Crippen LogP contribution is 2.30. The Labute approximate surface area is 283 Å². The van der Waals surface area contributed by atoms with Crippen LogP contribution in [0.3, 0.4) is 0 Å². The molecular weight excluding hydrogens is 618 g/mol. The molecule has 2 aromatic carbocycles. The first-order valence-electron chi connectivity index (χ1n) is 16.3. The molecule has 0 radical (unpaired) electrons. The van der Waals surface area contributed by atoms with Crippen molar-refractivity contribution in [3.8, 4) is 0 Å². The van der Waals surface area contributed by atoms with Gasteiger partial charge in [-0.1, -0.05) is 73.2 Å². The van der Waals surface area contributed by atoms with E-state index in [0.717, 1.165) is 77.9 Å². The molecule has 1 unspecified atom stereocenters. The fourth-order valence-electron chi connectivity index (χ4n) is 5.71. The van der Waals surface area contributed by atoms with Gasteiger partial charge in [0.05, 0.1) is 19.6 Å². The van der Waals surface area contributed by atoms with Crippen molar-refractivity contribution in [2.75, 3.05) is 56.2 Å². The maximum absolute atomic E-state index is 13.7. The second-order valence-electron chi connectivity index (χ2n) is 11.7. The van der Waals surface area contributed by atoms with Crippen molar-refractivity contribution in [2.24, 2.45) is 4.99 Å². The van der Waals surface area contributed by atoms with Gasteiger partial charge in [0, 0.05) is 74.4 Å². The zero-order valence-corrected chi connectivity index (χ0v) is 29.0. The van der Waals surface area contributed by atoms with Gasteiger partial charge in [-0.3, -0.25) is 19.5 Å². The highest BCUT2D eigenvalue weighted by Gasteiger charge is 2.30. The molecule has 5 rings (SSSR count). The Morgan fingerprint density at radius 2 is 1.80 bits per heavy atom. The number of amides is 2. The number of amidine groups is 1. The van der Waals surface area contributed by atoms with Gasteiger partial charge in [-0.2, -0.15) is 11.8 Å². The van der Waals surface area contributed by atoms with Crippen LogP contribution < -0.4 is 4.90 Å². The van der Waals surface area contributed by atoms with Crippen LogP contribution in [0.4, 0.5) is 5.69 Å². The number of likely N-dealkylation sites (N-methyl/N-ethyl adjacent to an activating group) is 1. The molecule has 1 fully saturated rings. The molecule has 2 aromatic rings. The highest BCUT2D eigenvalue weighted by molar-refractivity contribution is 7.99. The first kappa shape index (κ1) is 35.7. The molecule has 0 spiro atoms. The van der Waals surface area contributed by atoms with Crippen LogP contribution >= 0.6 is 23.4 Å². The minimum atomic E-state index is -0.744. The number of fused-ring (bicyclic) bond motifs is 1. The van der Waals surface area contributed by atoms with Crippen molar-refractivity contribution in [3.63, 3.8) is 0 Å². The quantitative estimate of drug-likeness (QED) is 0.330. The van der Waals surface area contributed by atoms with Crippen LogP contribution in [-0.4, -0.2) is 95.0 Å². The summed E-state index contributed by atoms with van der Waals surface area (Å²) in [5, 5.41) is 10.9. The average molecular weight is 666 g/mol. The second kappa shape index (κ2) is 18.3. The van der Waals surface area contributed by atoms with Gasteiger partial charge < -0.3 is 19.8 Å². The molecule has 10 heteroatoms. The number of carbonyl (C=O) groups excluding carboxylic acids is 2. The molecule has 0 aromatic heterocycles. The molecule has 0 saturated carbocycles. The number of anilines is 1. The zero-order chi connectivity index (χ0) is 32.9. The molecule has 0 bridgehead atoms. The Balaban J connectivity index is 0.000000892. The van der Waals surface area contributed by atoms with Gasteiger partial charge in [0.25, 0.3) is 0 Å². The van der Waals surface area contributed by atoms with E-state index in [4.69, 9.17) is 11.6 Å². The molecule has 0 aliphatic carbocycles. The Hall–Kier alpha value is -3.11. The van der Waals surface area contributed by atoms with Crippen molar-refractivity contribution in [1.82, 2.24) is 14.7 Å². The molecule has 1 saturated heterocycles. The number of aryl methyl sites for hydroxylation is 1. The van der Waals surface area contributed by atoms with Gasteiger partial charge in [-0.25, -0.2) is 0 Å². The predicted octanol–water partition coefficient (Wildman–Crippen LogP) is 5.67. The van der Waals surface area contributed by atoms with Gasteiger partial charge in [-0.05, 0) is 42.5 Å². The Kier molecular flexibility index (Phi) is 14.2. The summed E-state index contributed by atoms with van der Waals surface area (Å²) in [4.78, 5) is 39.0. The molecule has 8 nitrogen and oxygen atoms in total. The maximum atomic E-state index is 13.7. The predicted molar refractivity (Wildman–Crippen MR) is 191 cm³/mol. The fourth-order valence-corrected chi connectivity index (χ4v) is 6.79. The third kappa shape index (κ3) is 9.94. The monoisotopic (exact) mass is 665 g/mol. The third-order valence-electron chi connectivity index (χ3n) is 8.38. The van der Waals surface area contributed by atoms with Crippen LogP contribution in [0.5, 0.6) is 0 Å². The number of allylic oxidation sites excluding steroid dienone is 2. The van der Waals surface area contributed by atoms with E-state index in [1.165, 1.54) is 5.54 Å². The summed E-state index contributed by atoms with van der Waals surface area (Å²) in [7, 11) is 2.06. The van der Waals surface area contributed by atoms with E-state index in [9.17, 15) is 14.7 Å². The number of benzene rings is 2. The minimum Gasteiger partial charge on any atom is -0.378 e. The summed E-state index contributed by atoms with van der Waals surface area (Å²) in [5.74, 6) is 3.16. The molecule has 2 amide bonds. The molecule has 1 N–H and O–H groups in total. The van der Waals surface area contributed by atoms with E-state index in [-0.39, 0.29) is 18.4 Å². The molecular formula is C36H48ClN5O3S. The summed E-state index contributed by atoms with van der Waals surface area (Å²) in [6.45, 7) is 8.40. The summed E-state index contributed by atoms with van der Waals surface area (Å²) < 4.78 is 0. The van der Waals surface area contributed by atoms with Crippen LogP contribution in [0, 0.1) is 0 Å². The molecule has 1 atom stereocenters. The van der Waals surface area contributed by atoms with E-state index in [1.54, 1.807) is 0 Å². The van der Waals surface area contributed by atoms with Crippen molar-refractivity contribution in [1.29, 1.82) is 0 Å². The molecule has 46 heavy (non-hydrogen) atoms. The van der Waals surface area contributed by atoms with Crippen LogP contribution in [0.1, 0.15) is 55.4 Å². The molecule has 3 aliphatic heterocycles. The lowest BCUT2D eigenvalue weighted by molar-refractivity contribution is -0.130. The average Bonchev–Trinajstić information content (AvgIpc) is 3.46. The van der Waals surface area contributed by atoms with Crippen molar-refractivity contribution in [2.45, 2.75) is 58.8 Å². The number of thioether (sulfide) groups is 1. The van der Waals surface area contributed by atoms with Crippen molar-refractivity contribution >= 4 is 46.7 Å². The summed E-state index contributed by atoms with van der Waals surface area (Å²) in [6.07, 6.45) is 7.58. The first-order chi connectivity index (χ1) is 22.3. The highest BCUT2D eigenvalue weighted by atomic mass is 35.5. The normalized spacial score (nSPS) is 18.0. The third-order valence-corrected chi connectivity index (χ3v) is 9.51. The van der Waals surface area contributed by atoms with E-state index in [2.05, 4.69) is 59.4 Å². The first-order valence-corrected chi connectivity index (χ1v) is 17.8. The van der Waals surface area contributed by atoms with Gasteiger partial charge in [-0.15, -0.1) is 0 Å². The number of hydrogen-bond donors (Lipinski definition) is 1. The lowest BCUT2D eigenvalue weighted by atomic mass is 10.0. The van der Waals surface area contributed by atoms with E-state index < -0.39 is 6.23 Å². The number of aliphatic imine (C=N–C) groups is 1. The van der Waals surface area contributed by atoms with Gasteiger partial charge in [0.15, 0.2) is 0 Å². The van der Waals surface area contributed by atoms with Crippen molar-refractivity contribution in [3.05, 3.63) is 88.5 Å². The number of rotatable bonds is 10. The number of carbonyl (C=O) groups is 2. The molecule has 248 valence electrons. The summed E-state index contributed by atoms with van der Waals surface area (Å²) >= 11 is 7.02. The van der Waals surface area contributed by atoms with Crippen LogP contribution in [0.25, 0.3) is 0 Å². The number of halogens is 1.